The van der Waals surface area contributed by atoms with E-state index in [2.05, 4.69) is 5.32 Å². The number of anilines is 1. The van der Waals surface area contributed by atoms with Crippen molar-refractivity contribution in [2.75, 3.05) is 38.6 Å². The Labute approximate surface area is 176 Å². The van der Waals surface area contributed by atoms with Crippen molar-refractivity contribution < 1.29 is 14.3 Å². The summed E-state index contributed by atoms with van der Waals surface area (Å²) in [6.07, 6.45) is 1.55. The highest BCUT2D eigenvalue weighted by Crippen LogP contribution is 2.30. The van der Waals surface area contributed by atoms with Gasteiger partial charge < -0.3 is 19.9 Å². The first-order chi connectivity index (χ1) is 14.5. The van der Waals surface area contributed by atoms with Gasteiger partial charge in [0.2, 0.25) is 5.91 Å². The van der Waals surface area contributed by atoms with E-state index in [4.69, 9.17) is 14.7 Å². The van der Waals surface area contributed by atoms with E-state index < -0.39 is 0 Å². The monoisotopic (exact) mass is 409 g/mol. The first kappa shape index (κ1) is 20.1. The molecule has 158 valence electrons. The van der Waals surface area contributed by atoms with Crippen molar-refractivity contribution in [3.8, 4) is 5.75 Å². The molecule has 8 heteroatoms. The Morgan fingerprint density at radius 2 is 1.97 bits per heavy atom. The number of rotatable bonds is 5. The van der Waals surface area contributed by atoms with E-state index in [0.29, 0.717) is 31.9 Å². The molecule has 2 amide bonds. The fourth-order valence-corrected chi connectivity index (χ4v) is 4.04. The second kappa shape index (κ2) is 8.69. The van der Waals surface area contributed by atoms with Crippen molar-refractivity contribution in [2.24, 2.45) is 0 Å². The molecule has 0 saturated carbocycles. The summed E-state index contributed by atoms with van der Waals surface area (Å²) in [5, 5.41) is 3.16. The normalized spacial score (nSPS) is 18.1. The number of nitrogens with zero attached hydrogens (tertiary/aromatic N) is 4. The molecule has 1 N–H and O–H groups in total. The average molecular weight is 409 g/mol. The molecule has 0 aliphatic carbocycles. The van der Waals surface area contributed by atoms with E-state index in [0.717, 1.165) is 35.7 Å². The Kier molecular flexibility index (Phi) is 5.83. The first-order valence-corrected chi connectivity index (χ1v) is 10.3. The molecule has 1 saturated heterocycles. The highest BCUT2D eigenvalue weighted by Gasteiger charge is 2.31. The summed E-state index contributed by atoms with van der Waals surface area (Å²) >= 11 is 0. The predicted octanol–water partition coefficient (Wildman–Crippen LogP) is 1.82. The number of hydrogen-bond donors (Lipinski definition) is 1. The largest absolute Gasteiger partial charge is 0.484 e. The van der Waals surface area contributed by atoms with Gasteiger partial charge in [0.25, 0.3) is 5.91 Å². The van der Waals surface area contributed by atoms with Crippen molar-refractivity contribution in [3.63, 3.8) is 0 Å². The smallest absolute Gasteiger partial charge is 0.260 e. The number of benzene rings is 1. The maximum Gasteiger partial charge on any atom is 0.260 e. The van der Waals surface area contributed by atoms with Gasteiger partial charge in [-0.05, 0) is 18.6 Å². The van der Waals surface area contributed by atoms with E-state index in [1.807, 2.05) is 47.2 Å². The van der Waals surface area contributed by atoms with E-state index in [1.54, 1.807) is 6.92 Å². The molecular formula is C22H27N5O3. The second-order valence-corrected chi connectivity index (χ2v) is 7.72. The lowest BCUT2D eigenvalue weighted by Crippen LogP contribution is -2.36. The Morgan fingerprint density at radius 1 is 1.17 bits per heavy atom. The molecule has 2 aromatic rings. The number of aromatic nitrogens is 2. The van der Waals surface area contributed by atoms with Crippen LogP contribution in [0.4, 0.5) is 5.82 Å². The van der Waals surface area contributed by atoms with E-state index in [9.17, 15) is 9.59 Å². The van der Waals surface area contributed by atoms with Crippen LogP contribution in [0.2, 0.25) is 0 Å². The minimum Gasteiger partial charge on any atom is -0.484 e. The molecule has 4 rings (SSSR count). The summed E-state index contributed by atoms with van der Waals surface area (Å²) in [5.41, 5.74) is 1.99. The molecule has 8 nitrogen and oxygen atoms in total. The Hall–Kier alpha value is -3.16. The first-order valence-electron chi connectivity index (χ1n) is 10.3. The molecule has 0 unspecified atom stereocenters. The van der Waals surface area contributed by atoms with Gasteiger partial charge in [0.15, 0.2) is 6.61 Å². The van der Waals surface area contributed by atoms with Crippen molar-refractivity contribution in [1.29, 1.82) is 0 Å². The van der Waals surface area contributed by atoms with E-state index in [-0.39, 0.29) is 24.3 Å². The molecule has 1 aromatic carbocycles. The Morgan fingerprint density at radius 3 is 2.70 bits per heavy atom. The van der Waals surface area contributed by atoms with Gasteiger partial charge in [-0.15, -0.1) is 0 Å². The minimum absolute atomic E-state index is 0.0229. The highest BCUT2D eigenvalue weighted by molar-refractivity contribution is 5.78. The predicted molar refractivity (Wildman–Crippen MR) is 112 cm³/mol. The van der Waals surface area contributed by atoms with Crippen LogP contribution in [0.25, 0.3) is 0 Å². The van der Waals surface area contributed by atoms with Gasteiger partial charge in [-0.2, -0.15) is 0 Å². The van der Waals surface area contributed by atoms with Gasteiger partial charge in [0, 0.05) is 51.5 Å². The SMILES string of the molecule is CNc1nc([C@@H]2CCN(C(=O)COc3ccccc3)C2)nc2c1CN(C(C)=O)CC2. The number of fused-ring (bicyclic) bond motifs is 1. The van der Waals surface area contributed by atoms with Crippen LogP contribution >= 0.6 is 0 Å². The van der Waals surface area contributed by atoms with E-state index >= 15 is 0 Å². The molecule has 1 fully saturated rings. The van der Waals surface area contributed by atoms with Crippen LogP contribution in [0.3, 0.4) is 0 Å². The van der Waals surface area contributed by atoms with E-state index in [1.165, 1.54) is 0 Å². The van der Waals surface area contributed by atoms with Crippen molar-refractivity contribution in [2.45, 2.75) is 32.2 Å². The maximum atomic E-state index is 12.6. The lowest BCUT2D eigenvalue weighted by molar-refractivity contribution is -0.132. The van der Waals surface area contributed by atoms with Crippen LogP contribution in [0.1, 0.15) is 36.3 Å². The molecule has 0 radical (unpaired) electrons. The Bertz CT molecular complexity index is 917. The lowest BCUT2D eigenvalue weighted by Gasteiger charge is -2.29. The van der Waals surface area contributed by atoms with Gasteiger partial charge in [-0.25, -0.2) is 9.97 Å². The molecule has 0 bridgehead atoms. The summed E-state index contributed by atoms with van der Waals surface area (Å²) in [5.74, 6) is 2.39. The maximum absolute atomic E-state index is 12.6. The zero-order valence-electron chi connectivity index (χ0n) is 17.4. The molecular weight excluding hydrogens is 382 g/mol. The van der Waals surface area contributed by atoms with Crippen LogP contribution in [-0.4, -0.2) is 64.9 Å². The number of para-hydroxylation sites is 1. The summed E-state index contributed by atoms with van der Waals surface area (Å²) in [7, 11) is 1.84. The fourth-order valence-electron chi connectivity index (χ4n) is 4.04. The molecule has 0 spiro atoms. The molecule has 3 heterocycles. The summed E-state index contributed by atoms with van der Waals surface area (Å²) < 4.78 is 5.60. The molecule has 1 aromatic heterocycles. The summed E-state index contributed by atoms with van der Waals surface area (Å²) in [6.45, 7) is 4.10. The van der Waals surface area contributed by atoms with Crippen LogP contribution in [0.5, 0.6) is 5.75 Å². The zero-order chi connectivity index (χ0) is 21.1. The molecule has 2 aliphatic heterocycles. The summed E-state index contributed by atoms with van der Waals surface area (Å²) in [6, 6.07) is 9.36. The number of hydrogen-bond acceptors (Lipinski definition) is 6. The zero-order valence-corrected chi connectivity index (χ0v) is 17.4. The third-order valence-corrected chi connectivity index (χ3v) is 5.77. The lowest BCUT2D eigenvalue weighted by atomic mass is 10.0. The second-order valence-electron chi connectivity index (χ2n) is 7.72. The molecule has 30 heavy (non-hydrogen) atoms. The van der Waals surface area contributed by atoms with Crippen LogP contribution in [0, 0.1) is 0 Å². The number of ether oxygens (including phenoxy) is 1. The highest BCUT2D eigenvalue weighted by atomic mass is 16.5. The number of nitrogens with one attached hydrogen (secondary N) is 1. The minimum atomic E-state index is -0.0229. The van der Waals surface area contributed by atoms with Crippen LogP contribution < -0.4 is 10.1 Å². The third kappa shape index (κ3) is 4.22. The third-order valence-electron chi connectivity index (χ3n) is 5.77. The Balaban J connectivity index is 1.42. The van der Waals surface area contributed by atoms with Crippen molar-refractivity contribution in [1.82, 2.24) is 19.8 Å². The van der Waals surface area contributed by atoms with Crippen LogP contribution in [-0.2, 0) is 22.6 Å². The van der Waals surface area contributed by atoms with Crippen molar-refractivity contribution >= 4 is 17.6 Å². The number of likely N-dealkylation sites (tertiary alicyclic amines) is 1. The summed E-state index contributed by atoms with van der Waals surface area (Å²) in [4.78, 5) is 37.5. The topological polar surface area (TPSA) is 87.7 Å². The van der Waals surface area contributed by atoms with Gasteiger partial charge in [0.1, 0.15) is 17.4 Å². The number of carbonyl (C=O) groups is 2. The number of carbonyl (C=O) groups excluding carboxylic acids is 2. The van der Waals surface area contributed by atoms with Crippen LogP contribution in [0.15, 0.2) is 30.3 Å². The fraction of sp³-hybridized carbons (Fsp3) is 0.455. The van der Waals surface area contributed by atoms with Gasteiger partial charge >= 0.3 is 0 Å². The van der Waals surface area contributed by atoms with Gasteiger partial charge in [-0.1, -0.05) is 18.2 Å². The quantitative estimate of drug-likeness (QED) is 0.811. The number of amides is 2. The van der Waals surface area contributed by atoms with Gasteiger partial charge in [-0.3, -0.25) is 9.59 Å². The standard InChI is InChI=1S/C22H27N5O3/c1-15(28)26-11-9-19-18(13-26)22(23-2)25-21(24-19)16-8-10-27(12-16)20(29)14-30-17-6-4-3-5-7-17/h3-7,16H,8-14H2,1-2H3,(H,23,24,25)/t16-/m1/s1. The average Bonchev–Trinajstić information content (AvgIpc) is 3.27. The molecule has 2 aliphatic rings. The van der Waals surface area contributed by atoms with Crippen molar-refractivity contribution in [3.05, 3.63) is 47.4 Å². The molecule has 1 atom stereocenters. The van der Waals surface area contributed by atoms with Gasteiger partial charge in [0.05, 0.1) is 12.2 Å².